The van der Waals surface area contributed by atoms with Gasteiger partial charge in [0.05, 0.1) is 17.0 Å². The second kappa shape index (κ2) is 7.99. The third kappa shape index (κ3) is 3.90. The average Bonchev–Trinajstić information content (AvgIpc) is 2.66. The van der Waals surface area contributed by atoms with Crippen LogP contribution in [0.25, 0.3) is 23.2 Å². The Kier molecular flexibility index (Phi) is 5.49. The van der Waals surface area contributed by atoms with Gasteiger partial charge in [-0.05, 0) is 42.8 Å². The van der Waals surface area contributed by atoms with E-state index in [2.05, 4.69) is 9.72 Å². The van der Waals surface area contributed by atoms with Crippen molar-refractivity contribution in [3.8, 4) is 5.75 Å². The molecule has 8 heteroatoms. The van der Waals surface area contributed by atoms with Crippen LogP contribution in [0.3, 0.4) is 0 Å². The van der Waals surface area contributed by atoms with Crippen LogP contribution in [0.5, 0.6) is 5.75 Å². The number of benzene rings is 2. The second-order valence-electron chi connectivity index (χ2n) is 5.79. The zero-order valence-electron chi connectivity index (χ0n) is 14.8. The van der Waals surface area contributed by atoms with E-state index in [4.69, 9.17) is 0 Å². The van der Waals surface area contributed by atoms with Crippen LogP contribution in [0.4, 0.5) is 8.78 Å². The quantitative estimate of drug-likeness (QED) is 0.651. The Hall–Kier alpha value is -3.55. The normalized spacial score (nSPS) is 11.4. The summed E-state index contributed by atoms with van der Waals surface area (Å²) in [6, 6.07) is 10.3. The minimum absolute atomic E-state index is 0.0374. The lowest BCUT2D eigenvalue weighted by atomic mass is 10.1. The van der Waals surface area contributed by atoms with Gasteiger partial charge in [-0.25, -0.2) is 4.98 Å². The predicted molar refractivity (Wildman–Crippen MR) is 98.0 cm³/mol. The third-order valence-corrected chi connectivity index (χ3v) is 4.08. The van der Waals surface area contributed by atoms with Gasteiger partial charge in [-0.15, -0.1) is 0 Å². The van der Waals surface area contributed by atoms with Crippen LogP contribution in [-0.4, -0.2) is 22.1 Å². The molecule has 0 saturated carbocycles. The zero-order valence-corrected chi connectivity index (χ0v) is 14.8. The first-order valence-electron chi connectivity index (χ1n) is 8.38. The Morgan fingerprint density at radius 2 is 2.00 bits per heavy atom. The zero-order chi connectivity index (χ0) is 20.3. The van der Waals surface area contributed by atoms with E-state index in [9.17, 15) is 23.5 Å². The summed E-state index contributed by atoms with van der Waals surface area (Å²) in [7, 11) is 0. The summed E-state index contributed by atoms with van der Waals surface area (Å²) in [4.78, 5) is 28.0. The number of hydrogen-bond donors (Lipinski definition) is 0. The van der Waals surface area contributed by atoms with Gasteiger partial charge in [-0.3, -0.25) is 4.79 Å². The van der Waals surface area contributed by atoms with E-state index in [0.29, 0.717) is 23.1 Å². The molecule has 1 aromatic heterocycles. The number of hydrogen-bond acceptors (Lipinski definition) is 5. The summed E-state index contributed by atoms with van der Waals surface area (Å²) in [5.74, 6) is -1.39. The summed E-state index contributed by atoms with van der Waals surface area (Å²) in [5, 5.41) is 11.1. The van der Waals surface area contributed by atoms with Crippen molar-refractivity contribution in [2.45, 2.75) is 20.1 Å². The maximum absolute atomic E-state index is 12.7. The third-order valence-electron chi connectivity index (χ3n) is 4.08. The van der Waals surface area contributed by atoms with Crippen LogP contribution in [0, 0.1) is 0 Å². The molecule has 0 saturated heterocycles. The molecule has 0 aliphatic rings. The Morgan fingerprint density at radius 1 is 1.25 bits per heavy atom. The molecule has 28 heavy (non-hydrogen) atoms. The fourth-order valence-electron chi connectivity index (χ4n) is 2.81. The summed E-state index contributed by atoms with van der Waals surface area (Å²) in [5.41, 5.74) is 0.718. The highest BCUT2D eigenvalue weighted by molar-refractivity contribution is 5.91. The molecule has 1 heterocycles. The highest BCUT2D eigenvalue weighted by atomic mass is 19.3. The molecule has 0 aliphatic heterocycles. The van der Waals surface area contributed by atoms with Crippen LogP contribution in [-0.2, 0) is 6.54 Å². The number of ether oxygens (including phenoxy) is 1. The number of fused-ring (bicyclic) bond motifs is 1. The fraction of sp³-hybridized carbons (Fsp3) is 0.150. The van der Waals surface area contributed by atoms with Gasteiger partial charge >= 0.3 is 6.61 Å². The van der Waals surface area contributed by atoms with Gasteiger partial charge in [0.15, 0.2) is 0 Å². The standard InChI is InChI=1S/C20H16F2N2O4/c1-2-24-16-10-8-13(19(26)27)11-15(16)23-14(18(24)25)9-7-12-5-3-4-6-17(12)28-20(21)22/h3-11,20H,2H2,1H3,(H,26,27)/p-1/b9-7+. The SMILES string of the molecule is CCn1c(=O)c(/C=C/c2ccccc2OC(F)F)nc2cc(C(=O)[O-])ccc21. The summed E-state index contributed by atoms with van der Waals surface area (Å²) in [6.07, 6.45) is 2.82. The highest BCUT2D eigenvalue weighted by Crippen LogP contribution is 2.22. The first kappa shape index (κ1) is 19.2. The van der Waals surface area contributed by atoms with Crippen molar-refractivity contribution in [1.82, 2.24) is 9.55 Å². The maximum atomic E-state index is 12.7. The molecule has 0 amide bonds. The number of halogens is 2. The molecular weight excluding hydrogens is 370 g/mol. The van der Waals surface area contributed by atoms with Crippen molar-refractivity contribution < 1.29 is 23.4 Å². The minimum atomic E-state index is -2.98. The van der Waals surface area contributed by atoms with Crippen LogP contribution >= 0.6 is 0 Å². The number of aryl methyl sites for hydroxylation is 1. The molecule has 0 spiro atoms. The Balaban J connectivity index is 2.11. The predicted octanol–water partition coefficient (Wildman–Crippen LogP) is 2.55. The number of alkyl halides is 2. The van der Waals surface area contributed by atoms with Gasteiger partial charge in [0, 0.05) is 12.1 Å². The number of aromatic carboxylic acids is 1. The lowest BCUT2D eigenvalue weighted by Crippen LogP contribution is -2.25. The summed E-state index contributed by atoms with van der Waals surface area (Å²) >= 11 is 0. The fourth-order valence-corrected chi connectivity index (χ4v) is 2.81. The maximum Gasteiger partial charge on any atom is 0.387 e. The molecule has 3 aromatic rings. The molecular formula is C20H15F2N2O4-. The van der Waals surface area contributed by atoms with E-state index >= 15 is 0 Å². The number of carbonyl (C=O) groups excluding carboxylic acids is 1. The van der Waals surface area contributed by atoms with Crippen LogP contribution in [0.1, 0.15) is 28.5 Å². The molecule has 0 radical (unpaired) electrons. The number of carboxylic acids is 1. The minimum Gasteiger partial charge on any atom is -0.545 e. The first-order chi connectivity index (χ1) is 13.4. The molecule has 144 valence electrons. The van der Waals surface area contributed by atoms with Crippen molar-refractivity contribution >= 4 is 29.2 Å². The van der Waals surface area contributed by atoms with Gasteiger partial charge in [-0.2, -0.15) is 8.78 Å². The number of para-hydroxylation sites is 1. The number of rotatable bonds is 6. The average molecular weight is 385 g/mol. The Labute approximate surface area is 158 Å². The molecule has 0 N–H and O–H groups in total. The van der Waals surface area contributed by atoms with E-state index in [1.807, 2.05) is 0 Å². The number of carboxylic acid groups (broad SMARTS) is 1. The van der Waals surface area contributed by atoms with Gasteiger partial charge in [0.2, 0.25) is 0 Å². The van der Waals surface area contributed by atoms with Crippen molar-refractivity contribution in [2.75, 3.05) is 0 Å². The Morgan fingerprint density at radius 3 is 2.68 bits per heavy atom. The highest BCUT2D eigenvalue weighted by Gasteiger charge is 2.11. The lowest BCUT2D eigenvalue weighted by Gasteiger charge is -2.11. The van der Waals surface area contributed by atoms with Crippen molar-refractivity contribution in [2.24, 2.45) is 0 Å². The molecule has 0 fully saturated rings. The molecule has 0 bridgehead atoms. The van der Waals surface area contributed by atoms with Gasteiger partial charge < -0.3 is 19.2 Å². The van der Waals surface area contributed by atoms with Gasteiger partial charge in [0.1, 0.15) is 11.4 Å². The van der Waals surface area contributed by atoms with Crippen molar-refractivity contribution in [3.05, 3.63) is 69.6 Å². The lowest BCUT2D eigenvalue weighted by molar-refractivity contribution is -0.255. The van der Waals surface area contributed by atoms with Gasteiger partial charge in [-0.1, -0.05) is 24.3 Å². The largest absolute Gasteiger partial charge is 0.545 e. The first-order valence-corrected chi connectivity index (χ1v) is 8.38. The molecule has 0 aliphatic carbocycles. The topological polar surface area (TPSA) is 84.2 Å². The van der Waals surface area contributed by atoms with E-state index in [1.165, 1.54) is 41.0 Å². The molecule has 2 aromatic carbocycles. The Bertz CT molecular complexity index is 1120. The number of nitrogens with zero attached hydrogens (tertiary/aromatic N) is 2. The van der Waals surface area contributed by atoms with Crippen LogP contribution in [0.15, 0.2) is 47.3 Å². The van der Waals surface area contributed by atoms with E-state index in [1.54, 1.807) is 25.1 Å². The molecule has 0 atom stereocenters. The molecule has 0 unspecified atom stereocenters. The molecule has 6 nitrogen and oxygen atoms in total. The van der Waals surface area contributed by atoms with Gasteiger partial charge in [0.25, 0.3) is 5.56 Å². The monoisotopic (exact) mass is 385 g/mol. The van der Waals surface area contributed by atoms with Crippen molar-refractivity contribution in [1.29, 1.82) is 0 Å². The number of carbonyl (C=O) groups is 1. The second-order valence-corrected chi connectivity index (χ2v) is 5.79. The van der Waals surface area contributed by atoms with Crippen LogP contribution < -0.4 is 15.4 Å². The van der Waals surface area contributed by atoms with E-state index in [0.717, 1.165) is 0 Å². The van der Waals surface area contributed by atoms with Crippen molar-refractivity contribution in [3.63, 3.8) is 0 Å². The van der Waals surface area contributed by atoms with E-state index in [-0.39, 0.29) is 22.6 Å². The summed E-state index contributed by atoms with van der Waals surface area (Å²) in [6.45, 7) is -0.866. The van der Waals surface area contributed by atoms with E-state index < -0.39 is 12.6 Å². The molecule has 3 rings (SSSR count). The smallest absolute Gasteiger partial charge is 0.387 e. The number of aromatic nitrogens is 2. The summed E-state index contributed by atoms with van der Waals surface area (Å²) < 4.78 is 31.0. The van der Waals surface area contributed by atoms with Crippen LogP contribution in [0.2, 0.25) is 0 Å².